The fourth-order valence-corrected chi connectivity index (χ4v) is 6.49. The molecule has 5 heteroatoms. The molecule has 1 heterocycles. The van der Waals surface area contributed by atoms with Crippen molar-refractivity contribution in [1.82, 2.24) is 0 Å². The number of thiophene rings is 1. The molecule has 0 unspecified atom stereocenters. The Morgan fingerprint density at radius 3 is 2.77 bits per heavy atom. The van der Waals surface area contributed by atoms with Crippen molar-refractivity contribution in [2.75, 3.05) is 11.9 Å². The highest BCUT2D eigenvalue weighted by atomic mass is 32.1. The summed E-state index contributed by atoms with van der Waals surface area (Å²) in [6.07, 6.45) is 8.52. The van der Waals surface area contributed by atoms with Gasteiger partial charge in [0, 0.05) is 10.8 Å². The van der Waals surface area contributed by atoms with E-state index in [9.17, 15) is 9.59 Å². The first-order valence-electron chi connectivity index (χ1n) is 10.2. The highest BCUT2D eigenvalue weighted by Gasteiger charge is 2.43. The second kappa shape index (κ2) is 7.34. The maximum Gasteiger partial charge on any atom is 0.341 e. The number of hydrogen-bond donors (Lipinski definition) is 1. The zero-order chi connectivity index (χ0) is 18.3. The van der Waals surface area contributed by atoms with Crippen LogP contribution in [0.3, 0.4) is 0 Å². The van der Waals surface area contributed by atoms with Crippen LogP contribution in [0, 0.1) is 23.7 Å². The van der Waals surface area contributed by atoms with Crippen LogP contribution in [0.15, 0.2) is 0 Å². The number of esters is 1. The van der Waals surface area contributed by atoms with E-state index in [0.29, 0.717) is 24.0 Å². The molecule has 26 heavy (non-hydrogen) atoms. The van der Waals surface area contributed by atoms with Crippen LogP contribution in [-0.4, -0.2) is 18.5 Å². The minimum Gasteiger partial charge on any atom is -0.462 e. The van der Waals surface area contributed by atoms with Crippen LogP contribution in [0.25, 0.3) is 0 Å². The van der Waals surface area contributed by atoms with Crippen molar-refractivity contribution in [3.8, 4) is 0 Å². The minimum atomic E-state index is -0.262. The number of carbonyl (C=O) groups excluding carboxylic acids is 2. The molecule has 0 saturated heterocycles. The molecule has 1 N–H and O–H groups in total. The van der Waals surface area contributed by atoms with Crippen molar-refractivity contribution in [3.63, 3.8) is 0 Å². The summed E-state index contributed by atoms with van der Waals surface area (Å²) in [5, 5.41) is 3.88. The predicted octanol–water partition coefficient (Wildman–Crippen LogP) is 4.81. The predicted molar refractivity (Wildman–Crippen MR) is 104 cm³/mol. The highest BCUT2D eigenvalue weighted by Crippen LogP contribution is 2.49. The number of ether oxygens (including phenoxy) is 1. The Hall–Kier alpha value is -1.36. The Balaban J connectivity index is 1.58. The molecule has 4 nitrogen and oxygen atoms in total. The summed E-state index contributed by atoms with van der Waals surface area (Å²) in [6.45, 7) is 4.68. The summed E-state index contributed by atoms with van der Waals surface area (Å²) in [7, 11) is 0. The van der Waals surface area contributed by atoms with Crippen LogP contribution in [0.2, 0.25) is 0 Å². The fraction of sp³-hybridized carbons (Fsp3) is 0.714. The maximum absolute atomic E-state index is 12.9. The molecule has 2 saturated carbocycles. The monoisotopic (exact) mass is 375 g/mol. The van der Waals surface area contributed by atoms with Gasteiger partial charge in [-0.2, -0.15) is 0 Å². The zero-order valence-corrected chi connectivity index (χ0v) is 16.6. The first-order valence-corrected chi connectivity index (χ1v) is 11.0. The molecule has 142 valence electrons. The smallest absolute Gasteiger partial charge is 0.341 e. The third-order valence-electron chi connectivity index (χ3n) is 6.46. The molecule has 1 amide bonds. The molecular weight excluding hydrogens is 346 g/mol. The van der Waals surface area contributed by atoms with Crippen molar-refractivity contribution >= 4 is 28.2 Å². The number of nitrogens with one attached hydrogen (secondary N) is 1. The standard InChI is InChI=1S/C21H29NO3S/c1-3-8-25-21(24)18-15-7-4-12(2)9-17(15)26-20(18)22-19(23)16-11-13-5-6-14(16)10-13/h12-14,16H,3-11H2,1-2H3,(H,22,23)/t12-,13+,14+,16+/m1/s1. The first kappa shape index (κ1) is 18.0. The van der Waals surface area contributed by atoms with Crippen molar-refractivity contribution in [2.24, 2.45) is 23.7 Å². The van der Waals surface area contributed by atoms with E-state index in [-0.39, 0.29) is 17.8 Å². The van der Waals surface area contributed by atoms with E-state index in [1.807, 2.05) is 6.92 Å². The average Bonchev–Trinajstić information content (AvgIpc) is 3.32. The van der Waals surface area contributed by atoms with Gasteiger partial charge in [-0.05, 0) is 68.3 Å². The van der Waals surface area contributed by atoms with Gasteiger partial charge in [-0.3, -0.25) is 4.79 Å². The first-order chi connectivity index (χ1) is 12.6. The third-order valence-corrected chi connectivity index (χ3v) is 7.63. The number of amides is 1. The Morgan fingerprint density at radius 2 is 2.08 bits per heavy atom. The van der Waals surface area contributed by atoms with Crippen LogP contribution >= 0.6 is 11.3 Å². The lowest BCUT2D eigenvalue weighted by atomic mass is 9.87. The number of fused-ring (bicyclic) bond motifs is 3. The number of rotatable bonds is 5. The van der Waals surface area contributed by atoms with Gasteiger partial charge in [0.2, 0.25) is 5.91 Å². The van der Waals surface area contributed by atoms with Crippen LogP contribution < -0.4 is 5.32 Å². The van der Waals surface area contributed by atoms with Crippen molar-refractivity contribution < 1.29 is 14.3 Å². The Morgan fingerprint density at radius 1 is 1.23 bits per heavy atom. The topological polar surface area (TPSA) is 55.4 Å². The molecule has 3 aliphatic carbocycles. The summed E-state index contributed by atoms with van der Waals surface area (Å²) in [6, 6.07) is 0. The van der Waals surface area contributed by atoms with Gasteiger partial charge in [0.05, 0.1) is 12.2 Å². The van der Waals surface area contributed by atoms with Crippen molar-refractivity contribution in [3.05, 3.63) is 16.0 Å². The maximum atomic E-state index is 12.9. The van der Waals surface area contributed by atoms with E-state index in [1.165, 1.54) is 24.1 Å². The third kappa shape index (κ3) is 3.30. The molecule has 2 bridgehead atoms. The summed E-state index contributed by atoms with van der Waals surface area (Å²) in [4.78, 5) is 26.9. The van der Waals surface area contributed by atoms with E-state index in [2.05, 4.69) is 12.2 Å². The van der Waals surface area contributed by atoms with Crippen LogP contribution in [0.5, 0.6) is 0 Å². The van der Waals surface area contributed by atoms with Crippen LogP contribution in [0.4, 0.5) is 5.00 Å². The lowest BCUT2D eigenvalue weighted by molar-refractivity contribution is -0.121. The van der Waals surface area contributed by atoms with Gasteiger partial charge in [0.1, 0.15) is 5.00 Å². The molecule has 3 aliphatic rings. The van der Waals surface area contributed by atoms with Gasteiger partial charge in [-0.15, -0.1) is 11.3 Å². The van der Waals surface area contributed by atoms with Gasteiger partial charge in [-0.25, -0.2) is 4.79 Å². The lowest BCUT2D eigenvalue weighted by Crippen LogP contribution is -2.27. The summed E-state index contributed by atoms with van der Waals surface area (Å²) in [5.74, 6) is 1.91. The fourth-order valence-electron chi connectivity index (χ4n) is 5.09. The Labute approximate surface area is 159 Å². The molecule has 1 aromatic heterocycles. The molecule has 0 aliphatic heterocycles. The van der Waals surface area contributed by atoms with Gasteiger partial charge in [0.25, 0.3) is 0 Å². The molecule has 0 aromatic carbocycles. The zero-order valence-electron chi connectivity index (χ0n) is 15.8. The molecule has 2 fully saturated rings. The SMILES string of the molecule is CCCOC(=O)c1c(NC(=O)[C@H]2C[C@H]3CC[C@H]2C3)sc2c1CC[C@@H](C)C2. The largest absolute Gasteiger partial charge is 0.462 e. The van der Waals surface area contributed by atoms with Gasteiger partial charge >= 0.3 is 5.97 Å². The highest BCUT2D eigenvalue weighted by molar-refractivity contribution is 7.17. The normalized spacial score (nSPS) is 29.5. The molecule has 1 aromatic rings. The molecular formula is C21H29NO3S. The number of hydrogen-bond acceptors (Lipinski definition) is 4. The van der Waals surface area contributed by atoms with Gasteiger partial charge in [0.15, 0.2) is 0 Å². The van der Waals surface area contributed by atoms with Crippen molar-refractivity contribution in [2.45, 2.75) is 65.2 Å². The second-order valence-corrected chi connectivity index (χ2v) is 9.57. The quantitative estimate of drug-likeness (QED) is 0.751. The van der Waals surface area contributed by atoms with Crippen molar-refractivity contribution in [1.29, 1.82) is 0 Å². The van der Waals surface area contributed by atoms with E-state index in [0.717, 1.165) is 48.6 Å². The molecule has 4 atom stereocenters. The van der Waals surface area contributed by atoms with E-state index < -0.39 is 0 Å². The molecule has 0 spiro atoms. The van der Waals surface area contributed by atoms with E-state index >= 15 is 0 Å². The number of carbonyl (C=O) groups is 2. The second-order valence-electron chi connectivity index (χ2n) is 8.46. The van der Waals surface area contributed by atoms with Gasteiger partial charge in [-0.1, -0.05) is 20.3 Å². The van der Waals surface area contributed by atoms with Crippen LogP contribution in [0.1, 0.15) is 73.2 Å². The summed E-state index contributed by atoms with van der Waals surface area (Å²) >= 11 is 1.60. The van der Waals surface area contributed by atoms with Gasteiger partial charge < -0.3 is 10.1 Å². The average molecular weight is 376 g/mol. The van der Waals surface area contributed by atoms with Crippen LogP contribution in [-0.2, 0) is 22.4 Å². The van der Waals surface area contributed by atoms with E-state index in [1.54, 1.807) is 11.3 Å². The molecule has 4 rings (SSSR count). The Kier molecular flexibility index (Phi) is 5.09. The number of anilines is 1. The Bertz CT molecular complexity index is 710. The summed E-state index contributed by atoms with van der Waals surface area (Å²) < 4.78 is 5.44. The minimum absolute atomic E-state index is 0.119. The van der Waals surface area contributed by atoms with E-state index in [4.69, 9.17) is 4.74 Å². The molecule has 0 radical (unpaired) electrons. The lowest BCUT2D eigenvalue weighted by Gasteiger charge is -2.20. The summed E-state index contributed by atoms with van der Waals surface area (Å²) in [5.41, 5.74) is 1.76.